The molecule has 5 nitrogen and oxygen atoms in total. The molecule has 1 aromatic rings. The molecule has 1 aliphatic heterocycles. The summed E-state index contributed by atoms with van der Waals surface area (Å²) in [6, 6.07) is 5.22. The first-order valence-electron chi connectivity index (χ1n) is 6.73. The lowest BCUT2D eigenvalue weighted by Gasteiger charge is -2.18. The molecule has 1 aliphatic rings. The Balaban J connectivity index is 1.81. The predicted molar refractivity (Wildman–Crippen MR) is 82.7 cm³/mol. The zero-order chi connectivity index (χ0) is 15.4. The third-order valence-electron chi connectivity index (χ3n) is 3.34. The molecule has 0 spiro atoms. The van der Waals surface area contributed by atoms with Crippen molar-refractivity contribution in [2.24, 2.45) is 0 Å². The van der Waals surface area contributed by atoms with E-state index in [1.807, 2.05) is 25.1 Å². The number of hydrogen-bond donors (Lipinski definition) is 2. The van der Waals surface area contributed by atoms with Gasteiger partial charge in [-0.3, -0.25) is 9.69 Å². The van der Waals surface area contributed by atoms with Gasteiger partial charge in [-0.1, -0.05) is 29.3 Å². The van der Waals surface area contributed by atoms with Crippen LogP contribution in [0.3, 0.4) is 0 Å². The number of carbonyl (C=O) groups is 2. The van der Waals surface area contributed by atoms with Gasteiger partial charge in [0, 0.05) is 29.2 Å². The lowest BCUT2D eigenvalue weighted by molar-refractivity contribution is -0.124. The molecule has 3 amide bonds. The van der Waals surface area contributed by atoms with Crippen molar-refractivity contribution in [3.63, 3.8) is 0 Å². The lowest BCUT2D eigenvalue weighted by Crippen LogP contribution is -2.40. The number of nitrogens with zero attached hydrogens (tertiary/aromatic N) is 1. The summed E-state index contributed by atoms with van der Waals surface area (Å²) < 4.78 is 0. The lowest BCUT2D eigenvalue weighted by atomic mass is 10.1. The molecule has 7 heteroatoms. The summed E-state index contributed by atoms with van der Waals surface area (Å²) in [7, 11) is 0. The van der Waals surface area contributed by atoms with Gasteiger partial charge in [-0.15, -0.1) is 0 Å². The van der Waals surface area contributed by atoms with Crippen LogP contribution in [0.2, 0.25) is 10.0 Å². The second-order valence-electron chi connectivity index (χ2n) is 4.96. The number of benzene rings is 1. The number of imide groups is 1. The maximum Gasteiger partial charge on any atom is 0.324 e. The molecular formula is C14H17Cl2N3O2. The van der Waals surface area contributed by atoms with E-state index in [-0.39, 0.29) is 24.5 Å². The minimum atomic E-state index is -0.330. The number of halogens is 2. The van der Waals surface area contributed by atoms with E-state index < -0.39 is 0 Å². The van der Waals surface area contributed by atoms with Gasteiger partial charge >= 0.3 is 6.03 Å². The van der Waals surface area contributed by atoms with Crippen LogP contribution in [-0.2, 0) is 11.2 Å². The van der Waals surface area contributed by atoms with Gasteiger partial charge in [0.25, 0.3) is 0 Å². The molecule has 1 fully saturated rings. The Morgan fingerprint density at radius 2 is 2.00 bits per heavy atom. The molecule has 0 saturated carbocycles. The fourth-order valence-corrected chi connectivity index (χ4v) is 2.76. The maximum absolute atomic E-state index is 11.4. The van der Waals surface area contributed by atoms with Crippen LogP contribution in [0.5, 0.6) is 0 Å². The topological polar surface area (TPSA) is 61.4 Å². The molecule has 1 heterocycles. The Bertz CT molecular complexity index is 515. The molecular weight excluding hydrogens is 313 g/mol. The zero-order valence-electron chi connectivity index (χ0n) is 11.7. The van der Waals surface area contributed by atoms with E-state index in [0.29, 0.717) is 29.6 Å². The Labute approximate surface area is 133 Å². The molecule has 2 N–H and O–H groups in total. The highest BCUT2D eigenvalue weighted by Crippen LogP contribution is 2.25. The minimum absolute atomic E-state index is 0.0869. The number of carbonyl (C=O) groups excluding carboxylic acids is 2. The molecule has 0 radical (unpaired) electrons. The van der Waals surface area contributed by atoms with E-state index in [4.69, 9.17) is 23.2 Å². The van der Waals surface area contributed by atoms with Crippen molar-refractivity contribution in [1.82, 2.24) is 15.5 Å². The smallest absolute Gasteiger partial charge is 0.324 e. The van der Waals surface area contributed by atoms with E-state index in [2.05, 4.69) is 10.6 Å². The van der Waals surface area contributed by atoms with E-state index in [1.54, 1.807) is 0 Å². The standard InChI is InChI=1S/C14H17Cl2N3O2/c1-9(7-10-11(15)3-2-4-12(10)16)17-5-6-19-13(20)8-18-14(19)21/h2-4,9,17H,5-8H2,1H3,(H,18,21)/t9-/m0/s1. The van der Waals surface area contributed by atoms with Crippen LogP contribution in [-0.4, -0.2) is 42.5 Å². The second kappa shape index (κ2) is 7.11. The molecule has 114 valence electrons. The van der Waals surface area contributed by atoms with E-state index in [9.17, 15) is 9.59 Å². The summed E-state index contributed by atoms with van der Waals surface area (Å²) in [4.78, 5) is 24.0. The molecule has 2 rings (SSSR count). The van der Waals surface area contributed by atoms with E-state index >= 15 is 0 Å². The van der Waals surface area contributed by atoms with Gasteiger partial charge in [-0.25, -0.2) is 4.79 Å². The summed E-state index contributed by atoms with van der Waals surface area (Å²) in [5, 5.41) is 7.04. The van der Waals surface area contributed by atoms with Crippen molar-refractivity contribution < 1.29 is 9.59 Å². The molecule has 1 atom stereocenters. The largest absolute Gasteiger partial charge is 0.329 e. The van der Waals surface area contributed by atoms with Crippen LogP contribution in [0.1, 0.15) is 12.5 Å². The monoisotopic (exact) mass is 329 g/mol. The molecule has 1 aromatic carbocycles. The van der Waals surface area contributed by atoms with E-state index in [0.717, 1.165) is 5.56 Å². The van der Waals surface area contributed by atoms with Crippen LogP contribution >= 0.6 is 23.2 Å². The van der Waals surface area contributed by atoms with Gasteiger partial charge < -0.3 is 10.6 Å². The first-order valence-corrected chi connectivity index (χ1v) is 7.49. The van der Waals surface area contributed by atoms with Gasteiger partial charge in [-0.2, -0.15) is 0 Å². The average Bonchev–Trinajstić information content (AvgIpc) is 2.75. The first kappa shape index (κ1) is 16.1. The second-order valence-corrected chi connectivity index (χ2v) is 5.78. The normalized spacial score (nSPS) is 16.2. The predicted octanol–water partition coefficient (Wildman–Crippen LogP) is 2.07. The quantitative estimate of drug-likeness (QED) is 0.785. The number of urea groups is 1. The molecule has 0 aliphatic carbocycles. The fourth-order valence-electron chi connectivity index (χ4n) is 2.21. The summed E-state index contributed by atoms with van der Waals surface area (Å²) in [6.07, 6.45) is 0.679. The van der Waals surface area contributed by atoms with Crippen LogP contribution in [0, 0.1) is 0 Å². The zero-order valence-corrected chi connectivity index (χ0v) is 13.2. The fraction of sp³-hybridized carbons (Fsp3) is 0.429. The molecule has 1 saturated heterocycles. The van der Waals surface area contributed by atoms with Crippen LogP contribution in [0.15, 0.2) is 18.2 Å². The van der Waals surface area contributed by atoms with Crippen molar-refractivity contribution in [3.05, 3.63) is 33.8 Å². The van der Waals surface area contributed by atoms with Crippen molar-refractivity contribution in [3.8, 4) is 0 Å². The Hall–Kier alpha value is -1.30. The Morgan fingerprint density at radius 3 is 2.57 bits per heavy atom. The van der Waals surface area contributed by atoms with Crippen molar-refractivity contribution in [2.45, 2.75) is 19.4 Å². The highest BCUT2D eigenvalue weighted by Gasteiger charge is 2.27. The summed E-state index contributed by atoms with van der Waals surface area (Å²) in [6.45, 7) is 2.98. The summed E-state index contributed by atoms with van der Waals surface area (Å²) in [5.74, 6) is -0.191. The van der Waals surface area contributed by atoms with Crippen molar-refractivity contribution >= 4 is 35.1 Å². The van der Waals surface area contributed by atoms with Crippen molar-refractivity contribution in [1.29, 1.82) is 0 Å². The highest BCUT2D eigenvalue weighted by atomic mass is 35.5. The van der Waals surface area contributed by atoms with Crippen molar-refractivity contribution in [2.75, 3.05) is 19.6 Å². The number of nitrogens with one attached hydrogen (secondary N) is 2. The highest BCUT2D eigenvalue weighted by molar-refractivity contribution is 6.36. The van der Waals surface area contributed by atoms with Gasteiger partial charge in [0.15, 0.2) is 0 Å². The average molecular weight is 330 g/mol. The van der Waals surface area contributed by atoms with Crippen LogP contribution in [0.4, 0.5) is 4.79 Å². The SMILES string of the molecule is C[C@@H](Cc1c(Cl)cccc1Cl)NCCN1C(=O)CNC1=O. The van der Waals surface area contributed by atoms with E-state index in [1.165, 1.54) is 4.90 Å². The Morgan fingerprint density at radius 1 is 1.33 bits per heavy atom. The molecule has 21 heavy (non-hydrogen) atoms. The number of hydrogen-bond acceptors (Lipinski definition) is 3. The van der Waals surface area contributed by atoms with Gasteiger partial charge in [-0.05, 0) is 31.0 Å². The van der Waals surface area contributed by atoms with Gasteiger partial charge in [0.2, 0.25) is 5.91 Å². The van der Waals surface area contributed by atoms with Gasteiger partial charge in [0.05, 0.1) is 6.54 Å². The van der Waals surface area contributed by atoms with Crippen LogP contribution < -0.4 is 10.6 Å². The maximum atomic E-state index is 11.4. The molecule has 0 unspecified atom stereocenters. The number of rotatable bonds is 6. The minimum Gasteiger partial charge on any atom is -0.329 e. The third kappa shape index (κ3) is 4.09. The third-order valence-corrected chi connectivity index (χ3v) is 4.05. The number of amides is 3. The molecule has 0 aromatic heterocycles. The summed E-state index contributed by atoms with van der Waals surface area (Å²) >= 11 is 12.3. The van der Waals surface area contributed by atoms with Crippen LogP contribution in [0.25, 0.3) is 0 Å². The molecule has 0 bridgehead atoms. The summed E-state index contributed by atoms with van der Waals surface area (Å²) in [5.41, 5.74) is 0.899. The van der Waals surface area contributed by atoms with Gasteiger partial charge in [0.1, 0.15) is 0 Å². The Kier molecular flexibility index (Phi) is 5.45. The first-order chi connectivity index (χ1) is 9.99.